The number of aromatic nitrogens is 3. The Morgan fingerprint density at radius 1 is 1.15 bits per heavy atom. The van der Waals surface area contributed by atoms with E-state index in [0.29, 0.717) is 27.6 Å². The molecule has 0 saturated carbocycles. The van der Waals surface area contributed by atoms with Crippen LogP contribution in [0.1, 0.15) is 5.69 Å². The molecule has 9 heteroatoms. The van der Waals surface area contributed by atoms with Gasteiger partial charge in [-0.2, -0.15) is 4.98 Å². The van der Waals surface area contributed by atoms with Crippen LogP contribution in [-0.4, -0.2) is 41.5 Å². The Balaban J connectivity index is 2.18. The number of pyridine rings is 1. The fraction of sp³-hybridized carbons (Fsp3) is 0.235. The van der Waals surface area contributed by atoms with Gasteiger partial charge in [0.2, 0.25) is 0 Å². The van der Waals surface area contributed by atoms with E-state index in [-0.39, 0.29) is 12.3 Å². The molecule has 3 aromatic rings. The number of sulfone groups is 1. The van der Waals surface area contributed by atoms with Crippen molar-refractivity contribution in [2.24, 2.45) is 0 Å². The van der Waals surface area contributed by atoms with Gasteiger partial charge in [0, 0.05) is 18.5 Å². The largest absolute Gasteiger partial charge is 0.368 e. The number of benzene rings is 1. The number of nitrogens with zero attached hydrogens (tertiary/aromatic N) is 3. The molecule has 0 spiro atoms. The van der Waals surface area contributed by atoms with Crippen molar-refractivity contribution in [3.63, 3.8) is 0 Å². The van der Waals surface area contributed by atoms with Crippen LogP contribution in [-0.2, 0) is 9.84 Å². The summed E-state index contributed by atoms with van der Waals surface area (Å²) < 4.78 is 24.0. The lowest BCUT2D eigenvalue weighted by Gasteiger charge is -2.14. The van der Waals surface area contributed by atoms with Crippen LogP contribution >= 0.6 is 11.6 Å². The second kappa shape index (κ2) is 7.05. The molecule has 0 unspecified atom stereocenters. The summed E-state index contributed by atoms with van der Waals surface area (Å²) in [6, 6.07) is 10.5. The van der Waals surface area contributed by atoms with Crippen molar-refractivity contribution in [1.82, 2.24) is 14.5 Å². The highest BCUT2D eigenvalue weighted by molar-refractivity contribution is 7.90. The molecule has 2 heterocycles. The van der Waals surface area contributed by atoms with Gasteiger partial charge in [-0.3, -0.25) is 0 Å². The van der Waals surface area contributed by atoms with Crippen LogP contribution in [0.5, 0.6) is 0 Å². The maximum absolute atomic E-state index is 12.7. The fourth-order valence-corrected chi connectivity index (χ4v) is 3.23. The first-order valence-corrected chi connectivity index (χ1v) is 10.3. The highest BCUT2D eigenvalue weighted by atomic mass is 35.5. The number of hydrogen-bond acceptors (Lipinski definition) is 6. The number of halogens is 1. The van der Waals surface area contributed by atoms with Crippen LogP contribution in [0.25, 0.3) is 16.7 Å². The van der Waals surface area contributed by atoms with E-state index in [4.69, 9.17) is 11.6 Å². The van der Waals surface area contributed by atoms with E-state index in [1.54, 1.807) is 36.4 Å². The Kier molecular flexibility index (Phi) is 4.97. The fourth-order valence-electron chi connectivity index (χ4n) is 2.53. The predicted octanol–water partition coefficient (Wildman–Crippen LogP) is 2.20. The smallest absolute Gasteiger partial charge is 0.355 e. The van der Waals surface area contributed by atoms with Gasteiger partial charge in [-0.1, -0.05) is 23.7 Å². The van der Waals surface area contributed by atoms with Gasteiger partial charge in [-0.05, 0) is 31.2 Å². The third-order valence-corrected chi connectivity index (χ3v) is 5.00. The van der Waals surface area contributed by atoms with Crippen molar-refractivity contribution < 1.29 is 8.42 Å². The average Bonchev–Trinajstić information content (AvgIpc) is 2.55. The number of anilines is 1. The van der Waals surface area contributed by atoms with Crippen molar-refractivity contribution in [1.29, 1.82) is 0 Å². The molecule has 0 radical (unpaired) electrons. The highest BCUT2D eigenvalue weighted by Gasteiger charge is 2.15. The topological polar surface area (TPSA) is 94.0 Å². The van der Waals surface area contributed by atoms with Gasteiger partial charge in [0.05, 0.1) is 21.8 Å². The molecule has 7 nitrogen and oxygen atoms in total. The van der Waals surface area contributed by atoms with Gasteiger partial charge < -0.3 is 5.32 Å². The SMILES string of the molecule is Cc1ccc2c(NCCS(C)(=O)=O)nc(=O)n(-c3ccccc3Cl)c2n1. The Bertz CT molecular complexity index is 1140. The standard InChI is InChI=1S/C17H17ClN4O3S/c1-11-7-8-12-15(19-9-10-26(2,24)25)21-17(23)22(16(12)20-11)14-6-4-3-5-13(14)18/h3-8H,9-10H2,1-2H3,(H,19,21,23). The highest BCUT2D eigenvalue weighted by Crippen LogP contribution is 2.24. The summed E-state index contributed by atoms with van der Waals surface area (Å²) in [5.41, 5.74) is 1.06. The number of fused-ring (bicyclic) bond motifs is 1. The summed E-state index contributed by atoms with van der Waals surface area (Å²) in [6.45, 7) is 1.96. The molecule has 0 atom stereocenters. The number of hydrogen-bond donors (Lipinski definition) is 1. The van der Waals surface area contributed by atoms with Crippen LogP contribution in [0.3, 0.4) is 0 Å². The predicted molar refractivity (Wildman–Crippen MR) is 103 cm³/mol. The third kappa shape index (κ3) is 3.86. The van der Waals surface area contributed by atoms with Gasteiger partial charge in [0.1, 0.15) is 15.7 Å². The third-order valence-electron chi connectivity index (χ3n) is 3.74. The molecule has 3 rings (SSSR count). The molecule has 136 valence electrons. The van der Waals surface area contributed by atoms with Gasteiger partial charge in [-0.15, -0.1) is 0 Å². The molecule has 0 aliphatic rings. The first-order valence-electron chi connectivity index (χ1n) is 7.83. The van der Waals surface area contributed by atoms with Gasteiger partial charge in [0.15, 0.2) is 5.65 Å². The van der Waals surface area contributed by atoms with E-state index in [0.717, 1.165) is 11.9 Å². The van der Waals surface area contributed by atoms with Crippen molar-refractivity contribution in [2.75, 3.05) is 23.9 Å². The maximum Gasteiger partial charge on any atom is 0.355 e. The number of aryl methyl sites for hydroxylation is 1. The zero-order chi connectivity index (χ0) is 18.9. The molecule has 2 aromatic heterocycles. The molecule has 1 aromatic carbocycles. The van der Waals surface area contributed by atoms with Crippen molar-refractivity contribution in [2.45, 2.75) is 6.92 Å². The number of rotatable bonds is 5. The van der Waals surface area contributed by atoms with Crippen LogP contribution in [0.2, 0.25) is 5.02 Å². The Hall–Kier alpha value is -2.45. The van der Waals surface area contributed by atoms with Crippen molar-refractivity contribution in [3.05, 3.63) is 57.6 Å². The lowest BCUT2D eigenvalue weighted by molar-refractivity contribution is 0.602. The number of para-hydroxylation sites is 1. The van der Waals surface area contributed by atoms with E-state index >= 15 is 0 Å². The van der Waals surface area contributed by atoms with Crippen molar-refractivity contribution >= 4 is 38.3 Å². The minimum Gasteiger partial charge on any atom is -0.368 e. The summed E-state index contributed by atoms with van der Waals surface area (Å²) >= 11 is 6.25. The average molecular weight is 393 g/mol. The van der Waals surface area contributed by atoms with Crippen LogP contribution < -0.4 is 11.0 Å². The van der Waals surface area contributed by atoms with Gasteiger partial charge >= 0.3 is 5.69 Å². The molecular weight excluding hydrogens is 376 g/mol. The normalized spacial score (nSPS) is 11.7. The van der Waals surface area contributed by atoms with E-state index in [1.165, 1.54) is 4.57 Å². The monoisotopic (exact) mass is 392 g/mol. The van der Waals surface area contributed by atoms with E-state index in [1.807, 2.05) is 6.92 Å². The maximum atomic E-state index is 12.7. The summed E-state index contributed by atoms with van der Waals surface area (Å²) in [4.78, 5) is 21.2. The van der Waals surface area contributed by atoms with E-state index in [9.17, 15) is 13.2 Å². The molecule has 0 fully saturated rings. The zero-order valence-corrected chi connectivity index (χ0v) is 15.8. The first kappa shape index (κ1) is 18.3. The molecule has 26 heavy (non-hydrogen) atoms. The van der Waals surface area contributed by atoms with Crippen LogP contribution in [0.4, 0.5) is 5.82 Å². The second-order valence-corrected chi connectivity index (χ2v) is 8.58. The molecule has 0 saturated heterocycles. The quantitative estimate of drug-likeness (QED) is 0.715. The van der Waals surface area contributed by atoms with Crippen LogP contribution in [0.15, 0.2) is 41.2 Å². The molecule has 0 amide bonds. The Morgan fingerprint density at radius 2 is 1.88 bits per heavy atom. The summed E-state index contributed by atoms with van der Waals surface area (Å²) in [7, 11) is -3.13. The second-order valence-electron chi connectivity index (χ2n) is 5.91. The molecule has 0 aliphatic heterocycles. The lowest BCUT2D eigenvalue weighted by atomic mass is 10.2. The molecule has 1 N–H and O–H groups in total. The summed E-state index contributed by atoms with van der Waals surface area (Å²) in [6.07, 6.45) is 1.15. The van der Waals surface area contributed by atoms with Gasteiger partial charge in [0.25, 0.3) is 0 Å². The van der Waals surface area contributed by atoms with E-state index < -0.39 is 15.5 Å². The Labute approximate surface area is 155 Å². The summed E-state index contributed by atoms with van der Waals surface area (Å²) in [5, 5.41) is 3.92. The Morgan fingerprint density at radius 3 is 2.58 bits per heavy atom. The van der Waals surface area contributed by atoms with E-state index in [2.05, 4.69) is 15.3 Å². The number of nitrogens with one attached hydrogen (secondary N) is 1. The minimum atomic E-state index is -3.13. The van der Waals surface area contributed by atoms with Crippen LogP contribution in [0, 0.1) is 6.92 Å². The zero-order valence-electron chi connectivity index (χ0n) is 14.2. The minimum absolute atomic E-state index is 0.0664. The summed E-state index contributed by atoms with van der Waals surface area (Å²) in [5.74, 6) is 0.229. The van der Waals surface area contributed by atoms with Crippen molar-refractivity contribution in [3.8, 4) is 5.69 Å². The van der Waals surface area contributed by atoms with Gasteiger partial charge in [-0.25, -0.2) is 22.8 Å². The molecular formula is C17H17ClN4O3S. The molecule has 0 bridgehead atoms. The lowest BCUT2D eigenvalue weighted by Crippen LogP contribution is -2.25. The first-order chi connectivity index (χ1) is 12.3. The molecule has 0 aliphatic carbocycles.